The summed E-state index contributed by atoms with van der Waals surface area (Å²) in [6.45, 7) is 5.15. The van der Waals surface area contributed by atoms with Gasteiger partial charge in [0.25, 0.3) is 0 Å². The van der Waals surface area contributed by atoms with E-state index in [0.29, 0.717) is 25.9 Å². The highest BCUT2D eigenvalue weighted by molar-refractivity contribution is 5.89. The van der Waals surface area contributed by atoms with Crippen molar-refractivity contribution in [2.24, 2.45) is 5.92 Å². The maximum atomic E-state index is 11.9. The molecule has 2 amide bonds. The Bertz CT molecular complexity index is 281. The number of carbonyl (C=O) groups excluding carboxylic acids is 2. The Morgan fingerprint density at radius 1 is 1.59 bits per heavy atom. The van der Waals surface area contributed by atoms with Crippen LogP contribution in [0.3, 0.4) is 0 Å². The van der Waals surface area contributed by atoms with Crippen molar-refractivity contribution in [3.63, 3.8) is 0 Å². The van der Waals surface area contributed by atoms with Crippen molar-refractivity contribution < 1.29 is 14.7 Å². The summed E-state index contributed by atoms with van der Waals surface area (Å²) in [5, 5.41) is 11.8. The van der Waals surface area contributed by atoms with Gasteiger partial charge >= 0.3 is 0 Å². The van der Waals surface area contributed by atoms with Crippen molar-refractivity contribution in [1.29, 1.82) is 0 Å². The van der Waals surface area contributed by atoms with Crippen LogP contribution in [0.2, 0.25) is 0 Å². The zero-order valence-corrected chi connectivity index (χ0v) is 10.6. The van der Waals surface area contributed by atoms with Crippen LogP contribution in [-0.2, 0) is 9.59 Å². The Balaban J connectivity index is 2.46. The van der Waals surface area contributed by atoms with E-state index in [1.165, 1.54) is 0 Å². The first kappa shape index (κ1) is 14.0. The van der Waals surface area contributed by atoms with Gasteiger partial charge in [0.2, 0.25) is 11.8 Å². The molecule has 0 aromatic rings. The van der Waals surface area contributed by atoms with E-state index in [9.17, 15) is 9.59 Å². The molecule has 2 N–H and O–H groups in total. The van der Waals surface area contributed by atoms with Gasteiger partial charge in [0.1, 0.15) is 0 Å². The Morgan fingerprint density at radius 2 is 2.29 bits per heavy atom. The highest BCUT2D eigenvalue weighted by Crippen LogP contribution is 2.17. The molecule has 2 unspecified atom stereocenters. The highest BCUT2D eigenvalue weighted by Gasteiger charge is 2.33. The first-order valence-electron chi connectivity index (χ1n) is 6.31. The lowest BCUT2D eigenvalue weighted by Gasteiger charge is -2.18. The first-order valence-corrected chi connectivity index (χ1v) is 6.31. The van der Waals surface area contributed by atoms with Gasteiger partial charge in [0.15, 0.2) is 0 Å². The number of hydrogen-bond donors (Lipinski definition) is 2. The van der Waals surface area contributed by atoms with Crippen molar-refractivity contribution in [3.8, 4) is 0 Å². The van der Waals surface area contributed by atoms with Gasteiger partial charge in [-0.3, -0.25) is 9.59 Å². The van der Waals surface area contributed by atoms with Gasteiger partial charge in [-0.15, -0.1) is 0 Å². The van der Waals surface area contributed by atoms with E-state index < -0.39 is 0 Å². The lowest BCUT2D eigenvalue weighted by atomic mass is 10.1. The molecule has 5 heteroatoms. The Hall–Kier alpha value is -1.10. The van der Waals surface area contributed by atoms with E-state index in [1.807, 2.05) is 13.8 Å². The van der Waals surface area contributed by atoms with E-state index in [2.05, 4.69) is 5.32 Å². The Kier molecular flexibility index (Phi) is 5.41. The molecule has 0 spiro atoms. The largest absolute Gasteiger partial charge is 0.396 e. The molecule has 0 aliphatic carbocycles. The van der Waals surface area contributed by atoms with Crippen LogP contribution < -0.4 is 5.32 Å². The summed E-state index contributed by atoms with van der Waals surface area (Å²) in [6.07, 6.45) is 1.68. The van der Waals surface area contributed by atoms with Crippen LogP contribution in [0.25, 0.3) is 0 Å². The quantitative estimate of drug-likeness (QED) is 0.695. The topological polar surface area (TPSA) is 69.6 Å². The van der Waals surface area contributed by atoms with Crippen molar-refractivity contribution >= 4 is 11.8 Å². The number of nitrogens with one attached hydrogen (secondary N) is 1. The molecule has 0 saturated carbocycles. The van der Waals surface area contributed by atoms with E-state index in [0.717, 1.165) is 6.42 Å². The van der Waals surface area contributed by atoms with E-state index in [4.69, 9.17) is 5.11 Å². The predicted octanol–water partition coefficient (Wildman–Crippen LogP) is 0.132. The van der Waals surface area contributed by atoms with Gasteiger partial charge in [-0.2, -0.15) is 0 Å². The number of hydrogen-bond acceptors (Lipinski definition) is 3. The summed E-state index contributed by atoms with van der Waals surface area (Å²) in [5.41, 5.74) is 0. The Labute approximate surface area is 102 Å². The molecule has 17 heavy (non-hydrogen) atoms. The van der Waals surface area contributed by atoms with E-state index >= 15 is 0 Å². The van der Waals surface area contributed by atoms with Crippen LogP contribution in [0.5, 0.6) is 0 Å². The molecule has 98 valence electrons. The summed E-state index contributed by atoms with van der Waals surface area (Å²) in [6, 6.07) is 0.0123. The normalized spacial score (nSPS) is 21.7. The van der Waals surface area contributed by atoms with Crippen molar-refractivity contribution in [1.82, 2.24) is 10.2 Å². The fourth-order valence-electron chi connectivity index (χ4n) is 2.11. The lowest BCUT2D eigenvalue weighted by molar-refractivity contribution is -0.129. The average Bonchev–Trinajstić information content (AvgIpc) is 2.70. The minimum absolute atomic E-state index is 0.0123. The number of amides is 2. The molecule has 2 atom stereocenters. The molecule has 1 heterocycles. The smallest absolute Gasteiger partial charge is 0.225 e. The molecule has 1 rings (SSSR count). The number of likely N-dealkylation sites (tertiary alicyclic amines) is 1. The van der Waals surface area contributed by atoms with Gasteiger partial charge in [0, 0.05) is 32.2 Å². The highest BCUT2D eigenvalue weighted by atomic mass is 16.3. The molecule has 0 radical (unpaired) electrons. The summed E-state index contributed by atoms with van der Waals surface area (Å²) in [4.78, 5) is 25.1. The second-order valence-corrected chi connectivity index (χ2v) is 4.46. The van der Waals surface area contributed by atoms with Gasteiger partial charge in [-0.05, 0) is 19.8 Å². The zero-order chi connectivity index (χ0) is 12.8. The van der Waals surface area contributed by atoms with Crippen LogP contribution in [0.4, 0.5) is 0 Å². The molecule has 5 nitrogen and oxygen atoms in total. The second-order valence-electron chi connectivity index (χ2n) is 4.46. The lowest BCUT2D eigenvalue weighted by Crippen LogP contribution is -2.40. The Morgan fingerprint density at radius 3 is 2.76 bits per heavy atom. The first-order chi connectivity index (χ1) is 8.12. The van der Waals surface area contributed by atoms with Crippen LogP contribution in [0.1, 0.15) is 33.1 Å². The van der Waals surface area contributed by atoms with Gasteiger partial charge < -0.3 is 15.3 Å². The predicted molar refractivity (Wildman–Crippen MR) is 64.3 cm³/mol. The number of nitrogens with zero attached hydrogens (tertiary/aromatic N) is 1. The molecule has 1 saturated heterocycles. The fourth-order valence-corrected chi connectivity index (χ4v) is 2.11. The summed E-state index contributed by atoms with van der Waals surface area (Å²) in [7, 11) is 0. The van der Waals surface area contributed by atoms with E-state index in [1.54, 1.807) is 4.90 Å². The molecule has 0 aromatic carbocycles. The fraction of sp³-hybridized carbons (Fsp3) is 0.833. The van der Waals surface area contributed by atoms with E-state index in [-0.39, 0.29) is 30.4 Å². The van der Waals surface area contributed by atoms with Crippen LogP contribution in [0, 0.1) is 5.92 Å². The average molecular weight is 242 g/mol. The molecule has 1 aliphatic rings. The minimum atomic E-state index is -0.227. The van der Waals surface area contributed by atoms with Crippen LogP contribution in [0.15, 0.2) is 0 Å². The molecule has 1 fully saturated rings. The number of aliphatic hydroxyl groups excluding tert-OH is 1. The standard InChI is InChI=1S/C12H22N2O3/c1-3-10(5-6-15)13-12(17)9-7-11(16)14(4-2)8-9/h9-10,15H,3-8H2,1-2H3,(H,13,17). The van der Waals surface area contributed by atoms with Crippen LogP contribution in [-0.4, -0.2) is 47.6 Å². The third-order valence-corrected chi connectivity index (χ3v) is 3.28. The second kappa shape index (κ2) is 6.59. The third kappa shape index (κ3) is 3.70. The zero-order valence-electron chi connectivity index (χ0n) is 10.6. The number of carbonyl (C=O) groups is 2. The van der Waals surface area contributed by atoms with Crippen LogP contribution >= 0.6 is 0 Å². The summed E-state index contributed by atoms with van der Waals surface area (Å²) >= 11 is 0. The van der Waals surface area contributed by atoms with Crippen molar-refractivity contribution in [2.45, 2.75) is 39.2 Å². The molecular weight excluding hydrogens is 220 g/mol. The van der Waals surface area contributed by atoms with Gasteiger partial charge in [-0.25, -0.2) is 0 Å². The monoisotopic (exact) mass is 242 g/mol. The molecule has 0 aromatic heterocycles. The maximum absolute atomic E-state index is 11.9. The summed E-state index contributed by atoms with van der Waals surface area (Å²) in [5.74, 6) is -0.229. The third-order valence-electron chi connectivity index (χ3n) is 3.28. The SMILES string of the molecule is CCC(CCO)NC(=O)C1CC(=O)N(CC)C1. The maximum Gasteiger partial charge on any atom is 0.225 e. The summed E-state index contributed by atoms with van der Waals surface area (Å²) < 4.78 is 0. The number of aliphatic hydroxyl groups is 1. The number of rotatable bonds is 6. The molecule has 1 aliphatic heterocycles. The van der Waals surface area contributed by atoms with Gasteiger partial charge in [-0.1, -0.05) is 6.92 Å². The molecular formula is C12H22N2O3. The van der Waals surface area contributed by atoms with Crippen molar-refractivity contribution in [2.75, 3.05) is 19.7 Å². The minimum Gasteiger partial charge on any atom is -0.396 e. The van der Waals surface area contributed by atoms with Crippen molar-refractivity contribution in [3.05, 3.63) is 0 Å². The van der Waals surface area contributed by atoms with Gasteiger partial charge in [0.05, 0.1) is 5.92 Å². The molecule has 0 bridgehead atoms.